The number of aliphatic carboxylic acids is 1. The van der Waals surface area contributed by atoms with Gasteiger partial charge >= 0.3 is 5.97 Å². The highest BCUT2D eigenvalue weighted by atomic mass is 16.5. The minimum Gasteiger partial charge on any atom is -0.481 e. The lowest BCUT2D eigenvalue weighted by Gasteiger charge is -2.19. The topological polar surface area (TPSA) is 63.3 Å². The van der Waals surface area contributed by atoms with Crippen molar-refractivity contribution < 1.29 is 14.4 Å². The summed E-state index contributed by atoms with van der Waals surface area (Å²) < 4.78 is 4.85. The maximum absolute atomic E-state index is 11.0. The number of rotatable bonds is 3. The van der Waals surface area contributed by atoms with Crippen LogP contribution in [0.25, 0.3) is 0 Å². The van der Waals surface area contributed by atoms with Gasteiger partial charge in [0.05, 0.1) is 0 Å². The predicted molar refractivity (Wildman–Crippen MR) is 46.5 cm³/mol. The third kappa shape index (κ3) is 1.56. The molecule has 4 heteroatoms. The van der Waals surface area contributed by atoms with Crippen LogP contribution in [-0.2, 0) is 10.2 Å². The number of aryl methyl sites for hydroxylation is 1. The number of aromatic nitrogens is 1. The third-order valence-electron chi connectivity index (χ3n) is 2.37. The Balaban J connectivity index is 3.09. The van der Waals surface area contributed by atoms with Crippen LogP contribution in [0.1, 0.15) is 31.7 Å². The Morgan fingerprint density at radius 3 is 2.69 bits per heavy atom. The molecule has 0 bridgehead atoms. The zero-order valence-corrected chi connectivity index (χ0v) is 8.00. The molecule has 1 N–H and O–H groups in total. The average molecular weight is 183 g/mol. The average Bonchev–Trinajstić information content (AvgIpc) is 2.50. The molecule has 0 saturated carbocycles. The molecule has 0 aromatic carbocycles. The molecule has 1 atom stereocenters. The molecule has 13 heavy (non-hydrogen) atoms. The van der Waals surface area contributed by atoms with Crippen molar-refractivity contribution in [2.75, 3.05) is 0 Å². The zero-order valence-electron chi connectivity index (χ0n) is 8.00. The molecule has 0 spiro atoms. The van der Waals surface area contributed by atoms with Crippen LogP contribution in [0.15, 0.2) is 10.6 Å². The van der Waals surface area contributed by atoms with Crippen molar-refractivity contribution in [3.05, 3.63) is 17.5 Å². The number of nitrogens with zero attached hydrogens (tertiary/aromatic N) is 1. The number of carboxylic acids is 1. The highest BCUT2D eigenvalue weighted by Gasteiger charge is 2.36. The van der Waals surface area contributed by atoms with E-state index in [0.717, 1.165) is 0 Å². The van der Waals surface area contributed by atoms with E-state index in [1.165, 1.54) is 0 Å². The van der Waals surface area contributed by atoms with Crippen molar-refractivity contribution in [1.29, 1.82) is 0 Å². The zero-order chi connectivity index (χ0) is 10.1. The lowest BCUT2D eigenvalue weighted by molar-refractivity contribution is -0.143. The highest BCUT2D eigenvalue weighted by molar-refractivity contribution is 5.80. The van der Waals surface area contributed by atoms with E-state index >= 15 is 0 Å². The third-order valence-corrected chi connectivity index (χ3v) is 2.37. The first-order valence-corrected chi connectivity index (χ1v) is 4.18. The van der Waals surface area contributed by atoms with Gasteiger partial charge in [0, 0.05) is 6.07 Å². The maximum atomic E-state index is 11.0. The van der Waals surface area contributed by atoms with Crippen LogP contribution in [0.3, 0.4) is 0 Å². The smallest absolute Gasteiger partial charge is 0.315 e. The van der Waals surface area contributed by atoms with Gasteiger partial charge in [0.15, 0.2) is 0 Å². The minimum absolute atomic E-state index is 0.486. The second-order valence-electron chi connectivity index (χ2n) is 3.31. The summed E-state index contributed by atoms with van der Waals surface area (Å²) in [6.45, 7) is 5.21. The van der Waals surface area contributed by atoms with Crippen molar-refractivity contribution in [2.24, 2.45) is 0 Å². The van der Waals surface area contributed by atoms with Crippen LogP contribution < -0.4 is 0 Å². The summed E-state index contributed by atoms with van der Waals surface area (Å²) >= 11 is 0. The summed E-state index contributed by atoms with van der Waals surface area (Å²) in [7, 11) is 0. The Bertz CT molecular complexity index is 318. The van der Waals surface area contributed by atoms with E-state index in [-0.39, 0.29) is 0 Å². The molecule has 1 heterocycles. The Labute approximate surface area is 76.5 Å². The fourth-order valence-electron chi connectivity index (χ4n) is 1.07. The van der Waals surface area contributed by atoms with E-state index in [1.54, 1.807) is 19.9 Å². The predicted octanol–water partition coefficient (Wildman–Crippen LogP) is 1.74. The minimum atomic E-state index is -0.933. The molecular weight excluding hydrogens is 170 g/mol. The second kappa shape index (κ2) is 3.20. The second-order valence-corrected chi connectivity index (χ2v) is 3.31. The van der Waals surface area contributed by atoms with Crippen LogP contribution in [0, 0.1) is 6.92 Å². The molecule has 0 radical (unpaired) electrons. The van der Waals surface area contributed by atoms with Crippen molar-refractivity contribution in [3.8, 4) is 0 Å². The van der Waals surface area contributed by atoms with Crippen LogP contribution in [-0.4, -0.2) is 16.2 Å². The summed E-state index contributed by atoms with van der Waals surface area (Å²) in [6.07, 6.45) is 0.494. The molecule has 1 rings (SSSR count). The molecule has 1 aromatic heterocycles. The molecule has 72 valence electrons. The van der Waals surface area contributed by atoms with E-state index in [2.05, 4.69) is 5.16 Å². The summed E-state index contributed by atoms with van der Waals surface area (Å²) in [6, 6.07) is 1.66. The first kappa shape index (κ1) is 9.77. The largest absolute Gasteiger partial charge is 0.481 e. The van der Waals surface area contributed by atoms with Gasteiger partial charge in [-0.15, -0.1) is 0 Å². The Morgan fingerprint density at radius 2 is 2.38 bits per heavy atom. The quantitative estimate of drug-likeness (QED) is 0.775. The normalized spacial score (nSPS) is 15.3. The van der Waals surface area contributed by atoms with Gasteiger partial charge in [-0.3, -0.25) is 4.79 Å². The van der Waals surface area contributed by atoms with Crippen molar-refractivity contribution in [2.45, 2.75) is 32.6 Å². The maximum Gasteiger partial charge on any atom is 0.315 e. The Kier molecular flexibility index (Phi) is 2.40. The number of carbonyl (C=O) groups is 1. The summed E-state index contributed by atoms with van der Waals surface area (Å²) in [5, 5.41) is 12.7. The van der Waals surface area contributed by atoms with Crippen LogP contribution in [0.2, 0.25) is 0 Å². The van der Waals surface area contributed by atoms with Gasteiger partial charge in [-0.1, -0.05) is 12.1 Å². The van der Waals surface area contributed by atoms with E-state index in [9.17, 15) is 4.79 Å². The first-order chi connectivity index (χ1) is 6.00. The molecule has 0 saturated heterocycles. The molecule has 0 aliphatic rings. The van der Waals surface area contributed by atoms with Crippen molar-refractivity contribution in [3.63, 3.8) is 0 Å². The van der Waals surface area contributed by atoms with Crippen LogP contribution in [0.5, 0.6) is 0 Å². The van der Waals surface area contributed by atoms with Gasteiger partial charge in [-0.25, -0.2) is 0 Å². The summed E-state index contributed by atoms with van der Waals surface area (Å²) in [5.41, 5.74) is -0.447. The van der Waals surface area contributed by atoms with E-state index in [4.69, 9.17) is 9.63 Å². The molecular formula is C9H13NO3. The standard InChI is InChI=1S/C9H13NO3/c1-4-9(3,8(11)12)7-5-6(2)13-10-7/h5H,4H2,1-3H3,(H,11,12). The SMILES string of the molecule is CCC(C)(C(=O)O)c1cc(C)on1. The number of carboxylic acid groups (broad SMARTS) is 1. The van der Waals surface area contributed by atoms with Gasteiger partial charge in [0.1, 0.15) is 16.9 Å². The molecule has 0 aliphatic heterocycles. The van der Waals surface area contributed by atoms with E-state index in [1.807, 2.05) is 6.92 Å². The van der Waals surface area contributed by atoms with Crippen molar-refractivity contribution in [1.82, 2.24) is 5.16 Å². The fourth-order valence-corrected chi connectivity index (χ4v) is 1.07. The number of hydrogen-bond acceptors (Lipinski definition) is 3. The fraction of sp³-hybridized carbons (Fsp3) is 0.556. The molecule has 1 aromatic rings. The van der Waals surface area contributed by atoms with Crippen molar-refractivity contribution >= 4 is 5.97 Å². The molecule has 0 amide bonds. The molecule has 0 fully saturated rings. The van der Waals surface area contributed by atoms with Gasteiger partial charge < -0.3 is 9.63 Å². The summed E-state index contributed by atoms with van der Waals surface area (Å²) in [5.74, 6) is -0.237. The Hall–Kier alpha value is -1.32. The molecule has 0 aliphatic carbocycles. The molecule has 1 unspecified atom stereocenters. The van der Waals surface area contributed by atoms with E-state index in [0.29, 0.717) is 17.9 Å². The summed E-state index contributed by atoms with van der Waals surface area (Å²) in [4.78, 5) is 11.0. The van der Waals surface area contributed by atoms with Gasteiger partial charge in [0.2, 0.25) is 0 Å². The Morgan fingerprint density at radius 1 is 1.77 bits per heavy atom. The number of hydrogen-bond donors (Lipinski definition) is 1. The van der Waals surface area contributed by atoms with Crippen LogP contribution in [0.4, 0.5) is 0 Å². The lowest BCUT2D eigenvalue weighted by Crippen LogP contribution is -2.31. The van der Waals surface area contributed by atoms with Gasteiger partial charge in [0.25, 0.3) is 0 Å². The van der Waals surface area contributed by atoms with Gasteiger partial charge in [-0.05, 0) is 20.3 Å². The van der Waals surface area contributed by atoms with E-state index < -0.39 is 11.4 Å². The first-order valence-electron chi connectivity index (χ1n) is 4.18. The monoisotopic (exact) mass is 183 g/mol. The van der Waals surface area contributed by atoms with Gasteiger partial charge in [-0.2, -0.15) is 0 Å². The highest BCUT2D eigenvalue weighted by Crippen LogP contribution is 2.26. The van der Waals surface area contributed by atoms with Crippen LogP contribution >= 0.6 is 0 Å². The molecule has 4 nitrogen and oxygen atoms in total. The lowest BCUT2D eigenvalue weighted by atomic mass is 9.84.